The van der Waals surface area contributed by atoms with Crippen molar-refractivity contribution in [2.24, 2.45) is 11.8 Å². The molecule has 2 saturated carbocycles. The van der Waals surface area contributed by atoms with Gasteiger partial charge in [-0.1, -0.05) is 5.57 Å². The van der Waals surface area contributed by atoms with E-state index < -0.39 is 0 Å². The maximum Gasteiger partial charge on any atom is 0.247 e. The van der Waals surface area contributed by atoms with Crippen LogP contribution in [-0.4, -0.2) is 40.2 Å². The lowest BCUT2D eigenvalue weighted by atomic mass is 10.1. The molecule has 6 nitrogen and oxygen atoms in total. The minimum absolute atomic E-state index is 0.0383. The molecule has 2 atom stereocenters. The molecule has 2 aliphatic carbocycles. The summed E-state index contributed by atoms with van der Waals surface area (Å²) in [5, 5.41) is 7.90. The highest BCUT2D eigenvalue weighted by Crippen LogP contribution is 2.48. The Bertz CT molecular complexity index is 617. The molecule has 0 spiro atoms. The van der Waals surface area contributed by atoms with Crippen molar-refractivity contribution in [2.45, 2.75) is 51.7 Å². The molecule has 0 aromatic carbocycles. The van der Waals surface area contributed by atoms with E-state index in [0.717, 1.165) is 0 Å². The van der Waals surface area contributed by atoms with Gasteiger partial charge in [-0.05, 0) is 44.4 Å². The molecule has 4 rings (SSSR count). The van der Waals surface area contributed by atoms with Gasteiger partial charge in [0.25, 0.3) is 0 Å². The fourth-order valence-corrected chi connectivity index (χ4v) is 3.35. The van der Waals surface area contributed by atoms with E-state index in [1.165, 1.54) is 31.3 Å². The number of hydrogen-bond acceptors (Lipinski definition) is 5. The first-order chi connectivity index (χ1) is 11.1. The third-order valence-electron chi connectivity index (χ3n) is 4.78. The van der Waals surface area contributed by atoms with Crippen molar-refractivity contribution in [3.05, 3.63) is 23.4 Å². The van der Waals surface area contributed by atoms with E-state index in [9.17, 15) is 4.79 Å². The highest BCUT2D eigenvalue weighted by molar-refractivity contribution is 5.88. The first-order valence-corrected chi connectivity index (χ1v) is 8.56. The zero-order valence-electron chi connectivity index (χ0n) is 13.7. The van der Waals surface area contributed by atoms with E-state index in [4.69, 9.17) is 9.15 Å². The summed E-state index contributed by atoms with van der Waals surface area (Å²) in [4.78, 5) is 14.6. The number of rotatable bonds is 4. The molecule has 124 valence electrons. The molecule has 1 amide bonds. The van der Waals surface area contributed by atoms with Crippen molar-refractivity contribution in [3.63, 3.8) is 0 Å². The van der Waals surface area contributed by atoms with Crippen molar-refractivity contribution in [1.82, 2.24) is 15.1 Å². The number of amides is 1. The smallest absolute Gasteiger partial charge is 0.247 e. The van der Waals surface area contributed by atoms with Crippen LogP contribution in [0, 0.1) is 18.8 Å². The molecule has 0 bridgehead atoms. The summed E-state index contributed by atoms with van der Waals surface area (Å²) in [5.74, 6) is 2.42. The van der Waals surface area contributed by atoms with Crippen LogP contribution in [0.5, 0.6) is 0 Å². The highest BCUT2D eigenvalue weighted by Gasteiger charge is 2.38. The van der Waals surface area contributed by atoms with Crippen molar-refractivity contribution >= 4 is 5.91 Å². The number of carbonyl (C=O) groups is 1. The van der Waals surface area contributed by atoms with E-state index in [1.54, 1.807) is 6.92 Å². The summed E-state index contributed by atoms with van der Waals surface area (Å²) in [7, 11) is 0. The van der Waals surface area contributed by atoms with Crippen LogP contribution in [0.25, 0.3) is 0 Å². The number of allylic oxidation sites excluding steroid dienone is 1. The summed E-state index contributed by atoms with van der Waals surface area (Å²) < 4.78 is 11.4. The highest BCUT2D eigenvalue weighted by atomic mass is 16.5. The van der Waals surface area contributed by atoms with Crippen LogP contribution in [0.15, 0.2) is 16.1 Å². The van der Waals surface area contributed by atoms with Crippen LogP contribution in [0.4, 0.5) is 0 Å². The number of aryl methyl sites for hydroxylation is 1. The third kappa shape index (κ3) is 3.32. The lowest BCUT2D eigenvalue weighted by Crippen LogP contribution is -2.45. The van der Waals surface area contributed by atoms with Crippen molar-refractivity contribution in [2.75, 3.05) is 13.1 Å². The Hall–Kier alpha value is -1.69. The Morgan fingerprint density at radius 2 is 1.87 bits per heavy atom. The van der Waals surface area contributed by atoms with Gasteiger partial charge < -0.3 is 14.1 Å². The van der Waals surface area contributed by atoms with E-state index in [0.29, 0.717) is 36.7 Å². The van der Waals surface area contributed by atoms with Crippen molar-refractivity contribution in [3.8, 4) is 0 Å². The molecule has 1 aliphatic heterocycles. The second kappa shape index (κ2) is 5.74. The summed E-state index contributed by atoms with van der Waals surface area (Å²) >= 11 is 0. The second-order valence-corrected chi connectivity index (χ2v) is 7.03. The third-order valence-corrected chi connectivity index (χ3v) is 4.78. The van der Waals surface area contributed by atoms with Gasteiger partial charge in [-0.3, -0.25) is 4.79 Å². The van der Waals surface area contributed by atoms with Gasteiger partial charge in [-0.2, -0.15) is 0 Å². The molecular formula is C17H23N3O3. The zero-order chi connectivity index (χ0) is 16.0. The quantitative estimate of drug-likeness (QED) is 0.798. The molecule has 3 fully saturated rings. The Balaban J connectivity index is 1.48. The topological polar surface area (TPSA) is 68.5 Å². The maximum atomic E-state index is 12.7. The normalized spacial score (nSPS) is 27.8. The molecule has 23 heavy (non-hydrogen) atoms. The number of ether oxygens (including phenoxy) is 1. The van der Waals surface area contributed by atoms with E-state index in [-0.39, 0.29) is 18.1 Å². The van der Waals surface area contributed by atoms with Gasteiger partial charge in [0.2, 0.25) is 17.7 Å². The van der Waals surface area contributed by atoms with E-state index >= 15 is 0 Å². The van der Waals surface area contributed by atoms with Gasteiger partial charge in [-0.25, -0.2) is 0 Å². The number of morpholine rings is 1. The SMILES string of the molecule is Cc1nnc([C@H]2CN(C(=O)C=C(C3CC3)C3CC3)C[C@@H](C)O2)o1. The molecule has 0 N–H and O–H groups in total. The molecule has 1 aromatic rings. The van der Waals surface area contributed by atoms with E-state index in [1.807, 2.05) is 17.9 Å². The Morgan fingerprint density at radius 3 is 2.43 bits per heavy atom. The van der Waals surface area contributed by atoms with E-state index in [2.05, 4.69) is 10.2 Å². The average molecular weight is 317 g/mol. The zero-order valence-corrected chi connectivity index (χ0v) is 13.7. The van der Waals surface area contributed by atoms with Crippen LogP contribution in [-0.2, 0) is 9.53 Å². The van der Waals surface area contributed by atoms with Crippen LogP contribution in [0.1, 0.15) is 50.5 Å². The monoisotopic (exact) mass is 317 g/mol. The first-order valence-electron chi connectivity index (χ1n) is 8.56. The maximum absolute atomic E-state index is 12.7. The lowest BCUT2D eigenvalue weighted by Gasteiger charge is -2.35. The molecule has 1 aromatic heterocycles. The molecule has 1 saturated heterocycles. The van der Waals surface area contributed by atoms with Crippen LogP contribution in [0.2, 0.25) is 0 Å². The fraction of sp³-hybridized carbons (Fsp3) is 0.706. The van der Waals surface area contributed by atoms with Gasteiger partial charge in [0, 0.05) is 19.5 Å². The summed E-state index contributed by atoms with van der Waals surface area (Å²) in [6.07, 6.45) is 6.53. The van der Waals surface area contributed by atoms with Crippen molar-refractivity contribution < 1.29 is 13.9 Å². The van der Waals surface area contributed by atoms with Crippen molar-refractivity contribution in [1.29, 1.82) is 0 Å². The van der Waals surface area contributed by atoms with Gasteiger partial charge in [-0.15, -0.1) is 10.2 Å². The standard InChI is InChI=1S/C17H23N3O3/c1-10-8-20(9-15(22-10)17-19-18-11(2)23-17)16(21)7-14(12-3-4-12)13-5-6-13/h7,10,12-13,15H,3-6,8-9H2,1-2H3/t10-,15-/m1/s1. The van der Waals surface area contributed by atoms with Crippen LogP contribution >= 0.6 is 0 Å². The van der Waals surface area contributed by atoms with Gasteiger partial charge in [0.15, 0.2) is 6.10 Å². The number of nitrogens with zero attached hydrogens (tertiary/aromatic N) is 3. The molecule has 2 heterocycles. The molecular weight excluding hydrogens is 294 g/mol. The van der Waals surface area contributed by atoms with Gasteiger partial charge in [0.1, 0.15) is 0 Å². The van der Waals surface area contributed by atoms with Gasteiger partial charge in [0.05, 0.1) is 12.6 Å². The average Bonchev–Trinajstić information content (AvgIpc) is 3.43. The number of hydrogen-bond donors (Lipinski definition) is 0. The van der Waals surface area contributed by atoms with Crippen LogP contribution in [0.3, 0.4) is 0 Å². The minimum Gasteiger partial charge on any atom is -0.423 e. The second-order valence-electron chi connectivity index (χ2n) is 7.03. The van der Waals surface area contributed by atoms with Crippen LogP contribution < -0.4 is 0 Å². The fourth-order valence-electron chi connectivity index (χ4n) is 3.35. The molecule has 6 heteroatoms. The Morgan fingerprint density at radius 1 is 1.17 bits per heavy atom. The summed E-state index contributed by atoms with van der Waals surface area (Å²) in [6.45, 7) is 4.82. The Labute approximate surface area is 135 Å². The number of carbonyl (C=O) groups excluding carboxylic acids is 1. The summed E-state index contributed by atoms with van der Waals surface area (Å²) in [5.41, 5.74) is 1.39. The number of aromatic nitrogens is 2. The predicted octanol–water partition coefficient (Wildman–Crippen LogP) is 2.41. The lowest BCUT2D eigenvalue weighted by molar-refractivity contribution is -0.141. The minimum atomic E-state index is -0.331. The molecule has 3 aliphatic rings. The Kier molecular flexibility index (Phi) is 3.71. The largest absolute Gasteiger partial charge is 0.423 e. The first kappa shape index (κ1) is 14.9. The molecule has 0 unspecified atom stereocenters. The van der Waals surface area contributed by atoms with Gasteiger partial charge >= 0.3 is 0 Å². The summed E-state index contributed by atoms with van der Waals surface area (Å²) in [6, 6.07) is 0. The molecule has 0 radical (unpaired) electrons. The predicted molar refractivity (Wildman–Crippen MR) is 82.4 cm³/mol.